The molecule has 0 aromatic heterocycles. The number of hydrogen-bond acceptors (Lipinski definition) is 7. The zero-order valence-corrected chi connectivity index (χ0v) is 21.0. The molecule has 176 valence electrons. The summed E-state index contributed by atoms with van der Waals surface area (Å²) in [6.45, 7) is 5.94. The van der Waals surface area contributed by atoms with Crippen molar-refractivity contribution in [1.82, 2.24) is 20.9 Å². The van der Waals surface area contributed by atoms with Crippen LogP contribution < -0.4 is 16.0 Å². The predicted octanol–water partition coefficient (Wildman–Crippen LogP) is 3.03. The molecule has 1 saturated heterocycles. The molecule has 0 aliphatic carbocycles. The number of morpholine rings is 1. The molecule has 1 aromatic carbocycles. The third-order valence-corrected chi connectivity index (χ3v) is 7.98. The van der Waals surface area contributed by atoms with Crippen LogP contribution in [0.4, 0.5) is 0 Å². The molecule has 2 heterocycles. The van der Waals surface area contributed by atoms with E-state index in [1.165, 1.54) is 11.8 Å². The molecule has 2 amide bonds. The van der Waals surface area contributed by atoms with Crippen LogP contribution in [-0.4, -0.2) is 66.1 Å². The fourth-order valence-corrected chi connectivity index (χ4v) is 5.65. The van der Waals surface area contributed by atoms with Gasteiger partial charge in [-0.25, -0.2) is 0 Å². The highest BCUT2D eigenvalue weighted by Gasteiger charge is 2.23. The highest BCUT2D eigenvalue weighted by Crippen LogP contribution is 2.30. The molecular weight excluding hydrogens is 491 g/mol. The molecule has 0 spiro atoms. The quantitative estimate of drug-likeness (QED) is 0.439. The summed E-state index contributed by atoms with van der Waals surface area (Å²) >= 11 is 15.2. The number of nitrogens with zero attached hydrogens (tertiary/aromatic N) is 1. The van der Waals surface area contributed by atoms with Gasteiger partial charge in [-0.15, -0.1) is 11.8 Å². The summed E-state index contributed by atoms with van der Waals surface area (Å²) in [5.41, 5.74) is 1.98. The Balaban J connectivity index is 1.32. The smallest absolute Gasteiger partial charge is 0.230 e. The van der Waals surface area contributed by atoms with Crippen molar-refractivity contribution in [2.45, 2.75) is 30.7 Å². The van der Waals surface area contributed by atoms with Gasteiger partial charge in [0.1, 0.15) is 4.71 Å². The zero-order valence-electron chi connectivity index (χ0n) is 17.9. The number of carbonyl (C=O) groups is 2. The summed E-state index contributed by atoms with van der Waals surface area (Å²) < 4.78 is 5.85. The number of nitrogens with one attached hydrogen (secondary N) is 3. The second-order valence-corrected chi connectivity index (χ2v) is 10.7. The van der Waals surface area contributed by atoms with Crippen molar-refractivity contribution in [2.24, 2.45) is 0 Å². The van der Waals surface area contributed by atoms with E-state index in [1.807, 2.05) is 30.5 Å². The van der Waals surface area contributed by atoms with E-state index in [4.69, 9.17) is 27.9 Å². The lowest BCUT2D eigenvalue weighted by molar-refractivity contribution is -0.121. The molecule has 3 N–H and O–H groups in total. The Morgan fingerprint density at radius 3 is 2.91 bits per heavy atom. The van der Waals surface area contributed by atoms with Gasteiger partial charge in [0.25, 0.3) is 0 Å². The van der Waals surface area contributed by atoms with E-state index in [0.717, 1.165) is 30.9 Å². The van der Waals surface area contributed by atoms with E-state index in [9.17, 15) is 9.59 Å². The first-order valence-electron chi connectivity index (χ1n) is 10.5. The van der Waals surface area contributed by atoms with E-state index < -0.39 is 0 Å². The van der Waals surface area contributed by atoms with Crippen LogP contribution in [0.2, 0.25) is 10.0 Å². The average molecular weight is 520 g/mol. The molecule has 1 unspecified atom stereocenters. The number of rotatable bonds is 10. The van der Waals surface area contributed by atoms with Gasteiger partial charge in [0.2, 0.25) is 11.8 Å². The summed E-state index contributed by atoms with van der Waals surface area (Å²) in [7, 11) is 0. The van der Waals surface area contributed by atoms with Gasteiger partial charge in [-0.1, -0.05) is 41.0 Å². The van der Waals surface area contributed by atoms with Gasteiger partial charge < -0.3 is 20.7 Å². The lowest BCUT2D eigenvalue weighted by Crippen LogP contribution is -2.47. The van der Waals surface area contributed by atoms with E-state index >= 15 is 0 Å². The Labute approximate surface area is 207 Å². The van der Waals surface area contributed by atoms with Crippen molar-refractivity contribution in [3.05, 3.63) is 44.9 Å². The van der Waals surface area contributed by atoms with Gasteiger partial charge in [-0.2, -0.15) is 0 Å². The molecule has 2 atom stereocenters. The van der Waals surface area contributed by atoms with Gasteiger partial charge in [0.15, 0.2) is 0 Å². The molecule has 3 rings (SSSR count). The largest absolute Gasteiger partial charge is 0.374 e. The second-order valence-electron chi connectivity index (χ2n) is 7.48. The maximum Gasteiger partial charge on any atom is 0.230 e. The molecule has 11 heteroatoms. The summed E-state index contributed by atoms with van der Waals surface area (Å²) in [4.78, 5) is 26.2. The third-order valence-electron chi connectivity index (χ3n) is 4.87. The first kappa shape index (κ1) is 25.5. The van der Waals surface area contributed by atoms with Crippen molar-refractivity contribution in [3.8, 4) is 0 Å². The van der Waals surface area contributed by atoms with Gasteiger partial charge in [0, 0.05) is 38.4 Å². The molecule has 1 aromatic rings. The van der Waals surface area contributed by atoms with Gasteiger partial charge in [-0.3, -0.25) is 14.5 Å². The molecule has 7 nitrogen and oxygen atoms in total. The van der Waals surface area contributed by atoms with Crippen molar-refractivity contribution >= 4 is 58.5 Å². The lowest BCUT2D eigenvalue weighted by atomic mass is 10.2. The second kappa shape index (κ2) is 13.0. The van der Waals surface area contributed by atoms with Crippen molar-refractivity contribution in [2.75, 3.05) is 38.5 Å². The third kappa shape index (κ3) is 8.35. The number of carbonyl (C=O) groups excluding carboxylic acids is 2. The van der Waals surface area contributed by atoms with Gasteiger partial charge >= 0.3 is 0 Å². The first-order chi connectivity index (χ1) is 15.4. The standard InChI is InChI=1S/C21H28Cl2N4O3S2/c1-2-24-19(28)8-15-12-31-21(26-15)32-13-20(29)25-9-16-11-27(5-6-30-16)10-14-3-4-17(22)18(23)7-14/h3-4,7,12,16,21,26H,2,5-6,8-11,13H2,1H3,(H,24,28)(H,25,29)/t16-,21?/m0/s1. The molecular formula is C21H28Cl2N4O3S2. The van der Waals surface area contributed by atoms with Crippen LogP contribution in [0, 0.1) is 0 Å². The number of halogens is 2. The minimum Gasteiger partial charge on any atom is -0.374 e. The molecule has 0 saturated carbocycles. The SMILES string of the molecule is CCNC(=O)CC1=CSC(SCC(=O)NC[C@H]2CN(Cc3ccc(Cl)c(Cl)c3)CCO2)N1. The molecule has 32 heavy (non-hydrogen) atoms. The maximum absolute atomic E-state index is 12.3. The minimum atomic E-state index is -0.0511. The van der Waals surface area contributed by atoms with Crippen LogP contribution in [0.25, 0.3) is 0 Å². The number of amides is 2. The van der Waals surface area contributed by atoms with Crippen LogP contribution in [-0.2, 0) is 20.9 Å². The minimum absolute atomic E-state index is 0.00377. The Morgan fingerprint density at radius 2 is 2.12 bits per heavy atom. The predicted molar refractivity (Wildman–Crippen MR) is 133 cm³/mol. The topological polar surface area (TPSA) is 82.7 Å². The van der Waals surface area contributed by atoms with Crippen molar-refractivity contribution in [3.63, 3.8) is 0 Å². The molecule has 1 fully saturated rings. The zero-order chi connectivity index (χ0) is 22.9. The van der Waals surface area contributed by atoms with Crippen LogP contribution >= 0.6 is 46.7 Å². The normalized spacial score (nSPS) is 21.0. The van der Waals surface area contributed by atoms with Crippen LogP contribution in [0.15, 0.2) is 29.3 Å². The fraction of sp³-hybridized carbons (Fsp3) is 0.524. The van der Waals surface area contributed by atoms with Crippen LogP contribution in [0.1, 0.15) is 18.9 Å². The van der Waals surface area contributed by atoms with Crippen LogP contribution in [0.3, 0.4) is 0 Å². The lowest BCUT2D eigenvalue weighted by Gasteiger charge is -2.33. The summed E-state index contributed by atoms with van der Waals surface area (Å²) in [5.74, 6) is 0.308. The Bertz CT molecular complexity index is 843. The average Bonchev–Trinajstić information content (AvgIpc) is 3.21. The highest BCUT2D eigenvalue weighted by molar-refractivity contribution is 8.18. The Hall–Kier alpha value is -1.10. The Kier molecular flexibility index (Phi) is 10.3. The van der Waals surface area contributed by atoms with E-state index in [0.29, 0.717) is 41.9 Å². The van der Waals surface area contributed by atoms with E-state index in [2.05, 4.69) is 20.9 Å². The number of benzene rings is 1. The van der Waals surface area contributed by atoms with Crippen LogP contribution in [0.5, 0.6) is 0 Å². The maximum atomic E-state index is 12.3. The summed E-state index contributed by atoms with van der Waals surface area (Å²) in [6.07, 6.45) is 0.284. The number of hydrogen-bond donors (Lipinski definition) is 3. The van der Waals surface area contributed by atoms with Gasteiger partial charge in [0.05, 0.1) is 34.9 Å². The van der Waals surface area contributed by atoms with E-state index in [-0.39, 0.29) is 22.6 Å². The number of thioether (sulfide) groups is 2. The molecule has 0 bridgehead atoms. The highest BCUT2D eigenvalue weighted by atomic mass is 35.5. The van der Waals surface area contributed by atoms with Crippen molar-refractivity contribution in [1.29, 1.82) is 0 Å². The van der Waals surface area contributed by atoms with Crippen molar-refractivity contribution < 1.29 is 14.3 Å². The Morgan fingerprint density at radius 1 is 1.28 bits per heavy atom. The van der Waals surface area contributed by atoms with E-state index in [1.54, 1.807) is 11.8 Å². The first-order valence-corrected chi connectivity index (χ1v) is 13.2. The molecule has 0 radical (unpaired) electrons. The van der Waals surface area contributed by atoms with Gasteiger partial charge in [-0.05, 0) is 30.0 Å². The summed E-state index contributed by atoms with van der Waals surface area (Å²) in [6, 6.07) is 5.67. The number of ether oxygens (including phenoxy) is 1. The molecule has 2 aliphatic rings. The summed E-state index contributed by atoms with van der Waals surface area (Å²) in [5, 5.41) is 12.1. The molecule has 2 aliphatic heterocycles. The fourth-order valence-electron chi connectivity index (χ4n) is 3.34. The monoisotopic (exact) mass is 518 g/mol.